The van der Waals surface area contributed by atoms with Crippen LogP contribution in [0.4, 0.5) is 0 Å². The smallest absolute Gasteiger partial charge is 0.0980 e. The van der Waals surface area contributed by atoms with Gasteiger partial charge in [-0.25, -0.2) is 9.78 Å². The second kappa shape index (κ2) is 7.29. The van der Waals surface area contributed by atoms with Crippen LogP contribution in [0.1, 0.15) is 80.1 Å². The van der Waals surface area contributed by atoms with Gasteiger partial charge >= 0.3 is 0 Å². The Labute approximate surface area is 102 Å². The summed E-state index contributed by atoms with van der Waals surface area (Å²) in [5, 5.41) is 0. The number of rotatable bonds is 9. The minimum Gasteiger partial charge on any atom is -0.230 e. The fourth-order valence-corrected chi connectivity index (χ4v) is 1.51. The highest BCUT2D eigenvalue weighted by molar-refractivity contribution is 4.69. The highest BCUT2D eigenvalue weighted by Gasteiger charge is 2.25. The summed E-state index contributed by atoms with van der Waals surface area (Å²) in [4.78, 5) is 11.2. The first-order valence-electron chi connectivity index (χ1n) is 6.70. The van der Waals surface area contributed by atoms with Crippen molar-refractivity contribution in [3.63, 3.8) is 0 Å². The van der Waals surface area contributed by atoms with Crippen molar-refractivity contribution in [3.05, 3.63) is 0 Å². The molecule has 0 heterocycles. The lowest BCUT2D eigenvalue weighted by Crippen LogP contribution is -2.32. The monoisotopic (exact) mass is 230 g/mol. The van der Waals surface area contributed by atoms with Gasteiger partial charge in [0.15, 0.2) is 0 Å². The first-order chi connectivity index (χ1) is 7.33. The van der Waals surface area contributed by atoms with Gasteiger partial charge in [-0.2, -0.15) is 0 Å². The summed E-state index contributed by atoms with van der Waals surface area (Å²) in [6.07, 6.45) is 6.87. The quantitative estimate of drug-likeness (QED) is 0.415. The Morgan fingerprint density at radius 3 is 1.25 bits per heavy atom. The maximum atomic E-state index is 5.59. The van der Waals surface area contributed by atoms with Gasteiger partial charge in [-0.3, -0.25) is 0 Å². The van der Waals surface area contributed by atoms with Crippen LogP contribution in [0.25, 0.3) is 0 Å². The fraction of sp³-hybridized carbons (Fsp3) is 1.00. The highest BCUT2D eigenvalue weighted by Crippen LogP contribution is 2.24. The third kappa shape index (κ3) is 8.12. The molecule has 0 saturated carbocycles. The average molecular weight is 230 g/mol. The molecule has 0 aromatic rings. The normalized spacial score (nSPS) is 13.1. The van der Waals surface area contributed by atoms with E-state index in [1.807, 2.05) is 0 Å². The van der Waals surface area contributed by atoms with Crippen molar-refractivity contribution in [2.45, 2.75) is 91.3 Å². The summed E-state index contributed by atoms with van der Waals surface area (Å²) in [6.45, 7) is 12.8. The molecule has 2 heteroatoms. The van der Waals surface area contributed by atoms with Crippen molar-refractivity contribution in [1.29, 1.82) is 0 Å². The van der Waals surface area contributed by atoms with E-state index in [0.29, 0.717) is 0 Å². The Balaban J connectivity index is 3.91. The van der Waals surface area contributed by atoms with E-state index >= 15 is 0 Å². The van der Waals surface area contributed by atoms with Gasteiger partial charge in [0.1, 0.15) is 0 Å². The second-order valence-corrected chi connectivity index (χ2v) is 5.89. The van der Waals surface area contributed by atoms with Gasteiger partial charge in [-0.05, 0) is 40.5 Å². The predicted octanol–water partition coefficient (Wildman–Crippen LogP) is 4.87. The molecule has 0 aliphatic heterocycles. The summed E-state index contributed by atoms with van der Waals surface area (Å²) in [6, 6.07) is 0. The summed E-state index contributed by atoms with van der Waals surface area (Å²) in [5.41, 5.74) is -0.334. The third-order valence-electron chi connectivity index (χ3n) is 2.76. The number of hydrogen-bond acceptors (Lipinski definition) is 2. The Morgan fingerprint density at radius 1 is 0.688 bits per heavy atom. The van der Waals surface area contributed by atoms with Gasteiger partial charge in [-0.15, -0.1) is 0 Å². The van der Waals surface area contributed by atoms with Crippen molar-refractivity contribution < 1.29 is 9.78 Å². The molecular formula is C14H30O2. The lowest BCUT2D eigenvalue weighted by atomic mass is 10.0. The molecule has 2 nitrogen and oxygen atoms in total. The molecule has 0 unspecified atom stereocenters. The van der Waals surface area contributed by atoms with Crippen LogP contribution >= 0.6 is 0 Å². The van der Waals surface area contributed by atoms with E-state index in [-0.39, 0.29) is 11.2 Å². The maximum absolute atomic E-state index is 5.59. The molecule has 0 aromatic carbocycles. The van der Waals surface area contributed by atoms with Crippen LogP contribution in [-0.4, -0.2) is 11.2 Å². The lowest BCUT2D eigenvalue weighted by Gasteiger charge is -2.30. The van der Waals surface area contributed by atoms with Crippen molar-refractivity contribution in [3.8, 4) is 0 Å². The number of hydrogen-bond donors (Lipinski definition) is 0. The Bertz CT molecular complexity index is 154. The Kier molecular flexibility index (Phi) is 7.25. The first kappa shape index (κ1) is 15.9. The standard InChI is InChI=1S/C14H30O2/c1-7-9-11-13(3,4)15-16-14(5,6)12-10-8-2/h7-12H2,1-6H3. The zero-order valence-electron chi connectivity index (χ0n) is 12.1. The molecule has 0 saturated heterocycles. The number of unbranched alkanes of at least 4 members (excludes halogenated alkanes) is 2. The topological polar surface area (TPSA) is 18.5 Å². The van der Waals surface area contributed by atoms with Crippen LogP contribution in [0.5, 0.6) is 0 Å². The van der Waals surface area contributed by atoms with Crippen LogP contribution in [0.2, 0.25) is 0 Å². The summed E-state index contributed by atoms with van der Waals surface area (Å²) >= 11 is 0. The van der Waals surface area contributed by atoms with Gasteiger partial charge in [-0.1, -0.05) is 39.5 Å². The fourth-order valence-electron chi connectivity index (χ4n) is 1.51. The van der Waals surface area contributed by atoms with Crippen molar-refractivity contribution in [2.75, 3.05) is 0 Å². The minimum absolute atomic E-state index is 0.167. The van der Waals surface area contributed by atoms with E-state index in [0.717, 1.165) is 12.8 Å². The van der Waals surface area contributed by atoms with Gasteiger partial charge in [0.05, 0.1) is 11.2 Å². The molecular weight excluding hydrogens is 200 g/mol. The molecule has 0 amide bonds. The first-order valence-corrected chi connectivity index (χ1v) is 6.70. The van der Waals surface area contributed by atoms with Crippen molar-refractivity contribution in [2.24, 2.45) is 0 Å². The molecule has 0 aliphatic carbocycles. The second-order valence-electron chi connectivity index (χ2n) is 5.89. The van der Waals surface area contributed by atoms with E-state index in [9.17, 15) is 0 Å². The SMILES string of the molecule is CCCCC(C)(C)OOC(C)(C)CCCC. The molecule has 0 aromatic heterocycles. The Hall–Kier alpha value is -0.0800. The molecule has 0 aliphatic rings. The van der Waals surface area contributed by atoms with Gasteiger partial charge < -0.3 is 0 Å². The lowest BCUT2D eigenvalue weighted by molar-refractivity contribution is -0.402. The van der Waals surface area contributed by atoms with Crippen LogP contribution in [0.15, 0.2) is 0 Å². The molecule has 0 N–H and O–H groups in total. The molecule has 0 rings (SSSR count). The molecule has 0 bridgehead atoms. The van der Waals surface area contributed by atoms with Crippen LogP contribution in [0.3, 0.4) is 0 Å². The van der Waals surface area contributed by atoms with Gasteiger partial charge in [0.2, 0.25) is 0 Å². The van der Waals surface area contributed by atoms with E-state index < -0.39 is 0 Å². The summed E-state index contributed by atoms with van der Waals surface area (Å²) in [5.74, 6) is 0. The van der Waals surface area contributed by atoms with E-state index in [2.05, 4.69) is 41.5 Å². The molecule has 0 atom stereocenters. The average Bonchev–Trinajstić information content (AvgIpc) is 2.22. The van der Waals surface area contributed by atoms with E-state index in [1.54, 1.807) is 0 Å². The largest absolute Gasteiger partial charge is 0.230 e. The third-order valence-corrected chi connectivity index (χ3v) is 2.76. The predicted molar refractivity (Wildman–Crippen MR) is 69.4 cm³/mol. The van der Waals surface area contributed by atoms with Crippen molar-refractivity contribution >= 4 is 0 Å². The van der Waals surface area contributed by atoms with Crippen LogP contribution < -0.4 is 0 Å². The van der Waals surface area contributed by atoms with Crippen LogP contribution in [-0.2, 0) is 9.78 Å². The molecule has 0 spiro atoms. The molecule has 0 fully saturated rings. The van der Waals surface area contributed by atoms with Gasteiger partial charge in [0, 0.05) is 0 Å². The van der Waals surface area contributed by atoms with Gasteiger partial charge in [0.25, 0.3) is 0 Å². The highest BCUT2D eigenvalue weighted by atomic mass is 17.2. The zero-order valence-corrected chi connectivity index (χ0v) is 12.1. The zero-order chi connectivity index (χ0) is 12.7. The minimum atomic E-state index is -0.167. The summed E-state index contributed by atoms with van der Waals surface area (Å²) < 4.78 is 0. The van der Waals surface area contributed by atoms with E-state index in [1.165, 1.54) is 25.7 Å². The van der Waals surface area contributed by atoms with Crippen molar-refractivity contribution in [1.82, 2.24) is 0 Å². The maximum Gasteiger partial charge on any atom is 0.0980 e. The van der Waals surface area contributed by atoms with E-state index in [4.69, 9.17) is 9.78 Å². The molecule has 98 valence electrons. The Morgan fingerprint density at radius 2 is 1.00 bits per heavy atom. The molecule has 16 heavy (non-hydrogen) atoms. The van der Waals surface area contributed by atoms with Crippen LogP contribution in [0, 0.1) is 0 Å². The summed E-state index contributed by atoms with van der Waals surface area (Å²) in [7, 11) is 0. The molecule has 0 radical (unpaired) electrons.